The maximum atomic E-state index is 14.7. The van der Waals surface area contributed by atoms with Crippen LogP contribution in [0.15, 0.2) is 30.3 Å². The molecule has 0 N–H and O–H groups in total. The molecule has 184 valence electrons. The van der Waals surface area contributed by atoms with Gasteiger partial charge in [-0.15, -0.1) is 10.2 Å². The zero-order valence-corrected chi connectivity index (χ0v) is 21.0. The summed E-state index contributed by atoms with van der Waals surface area (Å²) in [5, 5.41) is 19.1. The van der Waals surface area contributed by atoms with E-state index < -0.39 is 5.67 Å². The highest BCUT2D eigenvalue weighted by Crippen LogP contribution is 2.56. The molecule has 1 aromatic carbocycles. The lowest BCUT2D eigenvalue weighted by Gasteiger charge is -2.59. The van der Waals surface area contributed by atoms with Crippen LogP contribution in [0.5, 0.6) is 0 Å². The van der Waals surface area contributed by atoms with Crippen LogP contribution >= 0.6 is 11.6 Å². The first-order valence-corrected chi connectivity index (χ1v) is 13.0. The molecule has 7 rings (SSSR count). The summed E-state index contributed by atoms with van der Waals surface area (Å²) in [6, 6.07) is 12.0. The molecule has 2 aromatic heterocycles. The van der Waals surface area contributed by atoms with Crippen molar-refractivity contribution in [1.82, 2.24) is 24.6 Å². The minimum atomic E-state index is -1.06. The summed E-state index contributed by atoms with van der Waals surface area (Å²) < 4.78 is 16.9. The number of hydrogen-bond acceptors (Lipinski definition) is 6. The number of halogens is 2. The van der Waals surface area contributed by atoms with Crippen molar-refractivity contribution < 1.29 is 4.39 Å². The van der Waals surface area contributed by atoms with Crippen molar-refractivity contribution in [1.29, 1.82) is 5.26 Å². The minimum absolute atomic E-state index is 0.284. The van der Waals surface area contributed by atoms with E-state index in [0.29, 0.717) is 49.0 Å². The summed E-state index contributed by atoms with van der Waals surface area (Å²) in [5.74, 6) is 3.18. The lowest BCUT2D eigenvalue weighted by Crippen LogP contribution is -2.62. The third-order valence-corrected chi connectivity index (χ3v) is 8.62. The van der Waals surface area contributed by atoms with Gasteiger partial charge in [0, 0.05) is 42.5 Å². The second-order valence-electron chi connectivity index (χ2n) is 11.3. The number of fused-ring (bicyclic) bond motifs is 3. The van der Waals surface area contributed by atoms with Crippen LogP contribution in [0.25, 0.3) is 5.69 Å². The number of aromatic nitrogens is 4. The maximum absolute atomic E-state index is 14.7. The maximum Gasteiger partial charge on any atom is 0.151 e. The Kier molecular flexibility index (Phi) is 4.77. The predicted octanol–water partition coefficient (Wildman–Crippen LogP) is 4.70. The van der Waals surface area contributed by atoms with Gasteiger partial charge < -0.3 is 4.90 Å². The summed E-state index contributed by atoms with van der Waals surface area (Å²) in [4.78, 5) is 9.08. The van der Waals surface area contributed by atoms with Crippen LogP contribution in [-0.4, -0.2) is 50.0 Å². The lowest BCUT2D eigenvalue weighted by atomic mass is 9.57. The average Bonchev–Trinajstić information content (AvgIpc) is 3.42. The molecule has 4 heterocycles. The molecule has 36 heavy (non-hydrogen) atoms. The molecular weight excluding hydrogens is 477 g/mol. The first-order valence-electron chi connectivity index (χ1n) is 12.6. The number of hydrogen-bond donors (Lipinski definition) is 0. The Morgan fingerprint density at radius 1 is 1.14 bits per heavy atom. The van der Waals surface area contributed by atoms with E-state index >= 15 is 0 Å². The Morgan fingerprint density at radius 2 is 1.94 bits per heavy atom. The number of benzene rings is 1. The number of nitriles is 1. The summed E-state index contributed by atoms with van der Waals surface area (Å²) in [5.41, 5.74) is 2.79. The fourth-order valence-corrected chi connectivity index (χ4v) is 6.55. The zero-order valence-electron chi connectivity index (χ0n) is 20.2. The van der Waals surface area contributed by atoms with Gasteiger partial charge in [-0.05, 0) is 68.5 Å². The molecule has 0 bridgehead atoms. The zero-order chi connectivity index (χ0) is 24.7. The van der Waals surface area contributed by atoms with Crippen LogP contribution in [0.1, 0.15) is 60.1 Å². The van der Waals surface area contributed by atoms with Gasteiger partial charge in [-0.1, -0.05) is 11.6 Å². The second kappa shape index (κ2) is 7.74. The van der Waals surface area contributed by atoms with Crippen LogP contribution in [0.3, 0.4) is 0 Å². The van der Waals surface area contributed by atoms with Crippen molar-refractivity contribution in [3.8, 4) is 11.8 Å². The van der Waals surface area contributed by atoms with E-state index in [9.17, 15) is 9.65 Å². The van der Waals surface area contributed by atoms with E-state index in [0.717, 1.165) is 60.3 Å². The van der Waals surface area contributed by atoms with Crippen LogP contribution in [0.2, 0.25) is 5.02 Å². The summed E-state index contributed by atoms with van der Waals surface area (Å²) in [6.45, 7) is 5.50. The van der Waals surface area contributed by atoms with Gasteiger partial charge in [0.2, 0.25) is 0 Å². The van der Waals surface area contributed by atoms with Crippen LogP contribution in [0.4, 0.5) is 10.2 Å². The fraction of sp³-hybridized carbons (Fsp3) is 0.481. The third kappa shape index (κ3) is 3.60. The second-order valence-corrected chi connectivity index (χ2v) is 11.7. The van der Waals surface area contributed by atoms with E-state index in [1.54, 1.807) is 0 Å². The van der Waals surface area contributed by atoms with Gasteiger partial charge in [-0.25, -0.2) is 9.37 Å². The fourth-order valence-electron chi connectivity index (χ4n) is 6.36. The smallest absolute Gasteiger partial charge is 0.151 e. The van der Waals surface area contributed by atoms with Crippen LogP contribution in [-0.2, 0) is 13.1 Å². The van der Waals surface area contributed by atoms with Gasteiger partial charge in [-0.3, -0.25) is 9.47 Å². The lowest BCUT2D eigenvalue weighted by molar-refractivity contribution is 0.0581. The molecule has 2 saturated carbocycles. The molecule has 0 amide bonds. The molecule has 2 aliphatic carbocycles. The topological polar surface area (TPSA) is 73.9 Å². The van der Waals surface area contributed by atoms with Crippen LogP contribution in [0, 0.1) is 23.7 Å². The first kappa shape index (κ1) is 22.2. The molecule has 9 heteroatoms. The van der Waals surface area contributed by atoms with Gasteiger partial charge >= 0.3 is 0 Å². The Morgan fingerprint density at radius 3 is 2.67 bits per heavy atom. The number of anilines is 1. The molecule has 3 aromatic rings. The number of pyridine rings is 1. The Labute approximate surface area is 214 Å². The van der Waals surface area contributed by atoms with Crippen molar-refractivity contribution in [2.45, 2.75) is 57.3 Å². The van der Waals surface area contributed by atoms with Crippen molar-refractivity contribution in [3.63, 3.8) is 0 Å². The summed E-state index contributed by atoms with van der Waals surface area (Å²) >= 11 is 6.36. The van der Waals surface area contributed by atoms with Gasteiger partial charge in [0.1, 0.15) is 23.4 Å². The highest BCUT2D eigenvalue weighted by Gasteiger charge is 2.54. The molecule has 1 saturated heterocycles. The number of aryl methyl sites for hydroxylation is 1. The first-order chi connectivity index (χ1) is 17.3. The summed E-state index contributed by atoms with van der Waals surface area (Å²) in [6.07, 6.45) is 3.42. The standard InChI is InChI=1S/C27H27ClFN7/c1-17-18(11-30)2-5-23(31-17)35-14-26(15-35)9-20(10-26)25-33-32-24-13-34(16-27(29)6-7-27)12-19-8-21(28)3-4-22(19)36(24)25/h2-5,8,20H,6-7,9-10,12-16H2,1H3. The van der Waals surface area contributed by atoms with Crippen molar-refractivity contribution in [3.05, 3.63) is 63.8 Å². The van der Waals surface area contributed by atoms with Crippen molar-refractivity contribution in [2.75, 3.05) is 24.5 Å². The SMILES string of the molecule is Cc1nc(N2CC3(CC(c4nnc5n4-c4ccc(Cl)cc4CN(CC4(F)CC4)C5)C3)C2)ccc1C#N. The highest BCUT2D eigenvalue weighted by atomic mass is 35.5. The molecule has 1 spiro atoms. The van der Waals surface area contributed by atoms with E-state index in [4.69, 9.17) is 11.6 Å². The number of alkyl halides is 1. The highest BCUT2D eigenvalue weighted by molar-refractivity contribution is 6.30. The number of rotatable bonds is 4. The Hall–Kier alpha value is -3.02. The molecule has 0 radical (unpaired) electrons. The summed E-state index contributed by atoms with van der Waals surface area (Å²) in [7, 11) is 0. The monoisotopic (exact) mass is 503 g/mol. The van der Waals surface area contributed by atoms with E-state index in [1.165, 1.54) is 0 Å². The average molecular weight is 504 g/mol. The van der Waals surface area contributed by atoms with Crippen molar-refractivity contribution in [2.24, 2.45) is 5.41 Å². The molecule has 0 unspecified atom stereocenters. The molecule has 4 aliphatic rings. The van der Waals surface area contributed by atoms with Crippen LogP contribution < -0.4 is 4.90 Å². The Balaban J connectivity index is 1.11. The van der Waals surface area contributed by atoms with Gasteiger partial charge in [0.05, 0.1) is 23.5 Å². The van der Waals surface area contributed by atoms with E-state index in [-0.39, 0.29) is 5.41 Å². The van der Waals surface area contributed by atoms with E-state index in [1.807, 2.05) is 31.2 Å². The predicted molar refractivity (Wildman–Crippen MR) is 134 cm³/mol. The Bertz CT molecular complexity index is 1410. The van der Waals surface area contributed by atoms with Gasteiger partial charge in [0.15, 0.2) is 5.82 Å². The number of nitrogens with zero attached hydrogens (tertiary/aromatic N) is 7. The van der Waals surface area contributed by atoms with Crippen molar-refractivity contribution >= 4 is 17.4 Å². The quantitative estimate of drug-likeness (QED) is 0.514. The molecule has 7 nitrogen and oxygen atoms in total. The van der Waals surface area contributed by atoms with E-state index in [2.05, 4.69) is 41.7 Å². The van der Waals surface area contributed by atoms with Gasteiger partial charge in [-0.2, -0.15) is 5.26 Å². The van der Waals surface area contributed by atoms with Gasteiger partial charge in [0.25, 0.3) is 0 Å². The minimum Gasteiger partial charge on any atom is -0.355 e. The largest absolute Gasteiger partial charge is 0.355 e. The normalized spacial score (nSPS) is 21.7. The molecule has 2 aliphatic heterocycles. The molecular formula is C27H27ClFN7. The molecule has 3 fully saturated rings. The molecule has 0 atom stereocenters. The third-order valence-electron chi connectivity index (χ3n) is 8.39.